The Morgan fingerprint density at radius 2 is 2.13 bits per heavy atom. The van der Waals surface area contributed by atoms with Crippen LogP contribution in [0.5, 0.6) is 5.75 Å². The molecule has 2 N–H and O–H groups in total. The van der Waals surface area contributed by atoms with Crippen LogP contribution in [0, 0.1) is 0 Å². The van der Waals surface area contributed by atoms with Gasteiger partial charge in [-0.3, -0.25) is 4.79 Å². The van der Waals surface area contributed by atoms with Gasteiger partial charge in [0.25, 0.3) is 0 Å². The normalized spacial score (nSPS) is 11.2. The summed E-state index contributed by atoms with van der Waals surface area (Å²) >= 11 is 0. The number of phenols is 1. The zero-order valence-corrected chi connectivity index (χ0v) is 8.82. The molecule has 0 unspecified atom stereocenters. The Labute approximate surface area is 88.6 Å². The number of carbonyl (C=O) groups is 1. The highest BCUT2D eigenvalue weighted by atomic mass is 16.3. The Morgan fingerprint density at radius 1 is 1.47 bits per heavy atom. The van der Waals surface area contributed by atoms with Crippen LogP contribution in [0.3, 0.4) is 0 Å². The highest BCUT2D eigenvalue weighted by molar-refractivity contribution is 6.02. The second-order valence-electron chi connectivity index (χ2n) is 3.10. The third kappa shape index (κ3) is 3.09. The number of benzene rings is 1. The van der Waals surface area contributed by atoms with Gasteiger partial charge in [-0.25, -0.2) is 5.43 Å². The molecule has 0 atom stereocenters. The molecule has 0 aliphatic heterocycles. The van der Waals surface area contributed by atoms with Crippen molar-refractivity contribution in [2.24, 2.45) is 5.10 Å². The number of phenolic OH excluding ortho intramolecular Hbond substituents is 1. The molecule has 80 valence electrons. The van der Waals surface area contributed by atoms with Gasteiger partial charge in [0.05, 0.1) is 5.71 Å². The van der Waals surface area contributed by atoms with Crippen molar-refractivity contribution < 1.29 is 9.90 Å². The van der Waals surface area contributed by atoms with Crippen LogP contribution in [-0.4, -0.2) is 16.7 Å². The number of carbonyl (C=O) groups excluding carboxylic acids is 1. The first-order chi connectivity index (χ1) is 7.15. The Hall–Kier alpha value is -1.84. The molecule has 0 aliphatic rings. The van der Waals surface area contributed by atoms with Gasteiger partial charge in [0.15, 0.2) is 0 Å². The summed E-state index contributed by atoms with van der Waals surface area (Å²) in [6, 6.07) is 6.91. The molecule has 0 aliphatic carbocycles. The lowest BCUT2D eigenvalue weighted by molar-refractivity contribution is -0.118. The molecule has 0 radical (unpaired) electrons. The number of aromatic hydroxyl groups is 1. The van der Waals surface area contributed by atoms with E-state index in [-0.39, 0.29) is 11.7 Å². The van der Waals surface area contributed by atoms with Crippen molar-refractivity contribution in [1.29, 1.82) is 0 Å². The molecular weight excluding hydrogens is 192 g/mol. The van der Waals surface area contributed by atoms with Gasteiger partial charge >= 0.3 is 0 Å². The summed E-state index contributed by atoms with van der Waals surface area (Å²) in [4.78, 5) is 10.7. The molecule has 0 aromatic heterocycles. The van der Waals surface area contributed by atoms with Crippen LogP contribution in [0.15, 0.2) is 29.4 Å². The van der Waals surface area contributed by atoms with E-state index in [0.29, 0.717) is 17.7 Å². The first-order valence-electron chi connectivity index (χ1n) is 4.76. The summed E-state index contributed by atoms with van der Waals surface area (Å²) < 4.78 is 0. The maximum absolute atomic E-state index is 10.7. The van der Waals surface area contributed by atoms with Gasteiger partial charge in [0.2, 0.25) is 5.91 Å². The Kier molecular flexibility index (Phi) is 3.85. The van der Waals surface area contributed by atoms with Crippen LogP contribution in [-0.2, 0) is 4.79 Å². The van der Waals surface area contributed by atoms with Crippen molar-refractivity contribution in [3.05, 3.63) is 29.8 Å². The quantitative estimate of drug-likeness (QED) is 0.583. The van der Waals surface area contributed by atoms with Gasteiger partial charge in [0.1, 0.15) is 5.75 Å². The minimum Gasteiger partial charge on any atom is -0.507 e. The van der Waals surface area contributed by atoms with E-state index in [2.05, 4.69) is 10.5 Å². The number of hydrazone groups is 1. The van der Waals surface area contributed by atoms with Crippen LogP contribution in [0.4, 0.5) is 0 Å². The molecule has 1 aromatic carbocycles. The molecule has 0 bridgehead atoms. The molecule has 0 heterocycles. The first-order valence-corrected chi connectivity index (χ1v) is 4.76. The van der Waals surface area contributed by atoms with Gasteiger partial charge in [-0.1, -0.05) is 19.1 Å². The van der Waals surface area contributed by atoms with E-state index in [1.54, 1.807) is 18.2 Å². The van der Waals surface area contributed by atoms with Crippen LogP contribution in [0.1, 0.15) is 25.8 Å². The van der Waals surface area contributed by atoms with Gasteiger partial charge < -0.3 is 5.11 Å². The summed E-state index contributed by atoms with van der Waals surface area (Å²) in [7, 11) is 0. The fourth-order valence-corrected chi connectivity index (χ4v) is 1.19. The molecule has 1 aromatic rings. The first kappa shape index (κ1) is 11.2. The van der Waals surface area contributed by atoms with Crippen molar-refractivity contribution in [3.8, 4) is 5.75 Å². The summed E-state index contributed by atoms with van der Waals surface area (Å²) in [5.41, 5.74) is 3.66. The monoisotopic (exact) mass is 206 g/mol. The Bertz CT molecular complexity index is 386. The predicted molar refractivity (Wildman–Crippen MR) is 58.8 cm³/mol. The smallest absolute Gasteiger partial charge is 0.236 e. The average Bonchev–Trinajstić information content (AvgIpc) is 2.21. The molecule has 0 saturated heterocycles. The van der Waals surface area contributed by atoms with E-state index < -0.39 is 0 Å². The minimum absolute atomic E-state index is 0.170. The molecule has 0 spiro atoms. The molecule has 15 heavy (non-hydrogen) atoms. The van der Waals surface area contributed by atoms with Crippen molar-refractivity contribution in [1.82, 2.24) is 5.43 Å². The average molecular weight is 206 g/mol. The number of para-hydroxylation sites is 1. The van der Waals surface area contributed by atoms with E-state index in [0.717, 1.165) is 0 Å². The second kappa shape index (κ2) is 5.14. The van der Waals surface area contributed by atoms with Gasteiger partial charge in [-0.15, -0.1) is 0 Å². The highest BCUT2D eigenvalue weighted by Crippen LogP contribution is 2.17. The number of nitrogens with zero attached hydrogens (tertiary/aromatic N) is 1. The summed E-state index contributed by atoms with van der Waals surface area (Å²) in [6.07, 6.45) is 0.637. The Morgan fingerprint density at radius 3 is 2.67 bits per heavy atom. The molecule has 1 rings (SSSR count). The molecule has 1 amide bonds. The summed E-state index contributed by atoms with van der Waals surface area (Å²) in [5, 5.41) is 13.5. The van der Waals surface area contributed by atoms with Crippen molar-refractivity contribution >= 4 is 11.6 Å². The predicted octanol–water partition coefficient (Wildman–Crippen LogP) is 1.64. The van der Waals surface area contributed by atoms with Crippen LogP contribution < -0.4 is 5.43 Å². The lowest BCUT2D eigenvalue weighted by Crippen LogP contribution is -2.16. The Balaban J connectivity index is 2.97. The third-order valence-electron chi connectivity index (χ3n) is 1.90. The number of amides is 1. The minimum atomic E-state index is -0.226. The van der Waals surface area contributed by atoms with Crippen LogP contribution in [0.2, 0.25) is 0 Å². The van der Waals surface area contributed by atoms with Crippen molar-refractivity contribution in [3.63, 3.8) is 0 Å². The van der Waals surface area contributed by atoms with Gasteiger partial charge in [-0.2, -0.15) is 5.10 Å². The largest absolute Gasteiger partial charge is 0.507 e. The molecular formula is C11H14N2O2. The number of nitrogens with one attached hydrogen (secondary N) is 1. The maximum Gasteiger partial charge on any atom is 0.236 e. The third-order valence-corrected chi connectivity index (χ3v) is 1.90. The zero-order chi connectivity index (χ0) is 11.3. The molecule has 4 nitrogen and oxygen atoms in total. The van der Waals surface area contributed by atoms with Gasteiger partial charge in [0, 0.05) is 12.5 Å². The van der Waals surface area contributed by atoms with Crippen LogP contribution >= 0.6 is 0 Å². The zero-order valence-electron chi connectivity index (χ0n) is 8.82. The number of hydrogen-bond acceptors (Lipinski definition) is 3. The van der Waals surface area contributed by atoms with Crippen molar-refractivity contribution in [2.45, 2.75) is 20.3 Å². The number of rotatable bonds is 3. The fourth-order valence-electron chi connectivity index (χ4n) is 1.19. The van der Waals surface area contributed by atoms with Crippen LogP contribution in [0.25, 0.3) is 0 Å². The topological polar surface area (TPSA) is 61.7 Å². The molecule has 0 saturated carbocycles. The number of hydrogen-bond donors (Lipinski definition) is 2. The fraction of sp³-hybridized carbons (Fsp3) is 0.273. The van der Waals surface area contributed by atoms with E-state index in [1.807, 2.05) is 13.0 Å². The summed E-state index contributed by atoms with van der Waals surface area (Å²) in [5.74, 6) is -0.0557. The SMILES string of the molecule is CC/C(=N/NC(C)=O)c1ccccc1O. The standard InChI is InChI=1S/C11H14N2O2/c1-3-10(13-12-8(2)14)9-6-4-5-7-11(9)15/h4-7,15H,3H2,1-2H3,(H,12,14)/b13-10-. The summed E-state index contributed by atoms with van der Waals surface area (Å²) in [6.45, 7) is 3.30. The lowest BCUT2D eigenvalue weighted by Gasteiger charge is -2.05. The van der Waals surface area contributed by atoms with E-state index in [9.17, 15) is 9.90 Å². The molecule has 0 fully saturated rings. The second-order valence-corrected chi connectivity index (χ2v) is 3.10. The van der Waals surface area contributed by atoms with E-state index in [1.165, 1.54) is 6.92 Å². The highest BCUT2D eigenvalue weighted by Gasteiger charge is 2.06. The van der Waals surface area contributed by atoms with Crippen molar-refractivity contribution in [2.75, 3.05) is 0 Å². The molecule has 4 heteroatoms. The maximum atomic E-state index is 10.7. The van der Waals surface area contributed by atoms with E-state index >= 15 is 0 Å². The van der Waals surface area contributed by atoms with E-state index in [4.69, 9.17) is 0 Å². The van der Waals surface area contributed by atoms with Gasteiger partial charge in [-0.05, 0) is 18.6 Å². The lowest BCUT2D eigenvalue weighted by atomic mass is 10.1.